The maximum Gasteiger partial charge on any atom is 0.228 e. The summed E-state index contributed by atoms with van der Waals surface area (Å²) in [6, 6.07) is 9.60. The highest BCUT2D eigenvalue weighted by Crippen LogP contribution is 2.13. The van der Waals surface area contributed by atoms with Crippen molar-refractivity contribution in [1.29, 1.82) is 0 Å². The standard InChI is InChI=1S/C13H20N2O2/c1-17-9-5-8-15-13(16)12(10-14)11-6-3-2-4-7-11/h2-4,6-7,12H,5,8-10,14H2,1H3,(H,15,16). The van der Waals surface area contributed by atoms with Gasteiger partial charge in [0.05, 0.1) is 5.92 Å². The van der Waals surface area contributed by atoms with Crippen molar-refractivity contribution in [1.82, 2.24) is 5.32 Å². The van der Waals surface area contributed by atoms with Crippen LogP contribution in [0.4, 0.5) is 0 Å². The molecule has 0 saturated carbocycles. The van der Waals surface area contributed by atoms with Crippen molar-refractivity contribution in [2.24, 2.45) is 5.73 Å². The van der Waals surface area contributed by atoms with Crippen molar-refractivity contribution in [3.8, 4) is 0 Å². The quantitative estimate of drug-likeness (QED) is 0.691. The highest BCUT2D eigenvalue weighted by Gasteiger charge is 2.17. The number of nitrogens with one attached hydrogen (secondary N) is 1. The molecule has 1 amide bonds. The SMILES string of the molecule is COCCCNC(=O)C(CN)c1ccccc1. The first kappa shape index (κ1) is 13.7. The Bertz CT molecular complexity index is 327. The Labute approximate surface area is 102 Å². The molecule has 0 aliphatic rings. The van der Waals surface area contributed by atoms with E-state index in [1.807, 2.05) is 30.3 Å². The normalized spacial score (nSPS) is 12.1. The summed E-state index contributed by atoms with van der Waals surface area (Å²) in [5.74, 6) is -0.284. The third-order valence-electron chi connectivity index (χ3n) is 2.58. The minimum absolute atomic E-state index is 0.0187. The molecule has 1 unspecified atom stereocenters. The third-order valence-corrected chi connectivity index (χ3v) is 2.58. The van der Waals surface area contributed by atoms with Crippen LogP contribution >= 0.6 is 0 Å². The van der Waals surface area contributed by atoms with E-state index < -0.39 is 0 Å². The van der Waals surface area contributed by atoms with E-state index in [9.17, 15) is 4.79 Å². The molecule has 0 radical (unpaired) electrons. The third kappa shape index (κ3) is 4.54. The van der Waals surface area contributed by atoms with Gasteiger partial charge in [0.2, 0.25) is 5.91 Å². The molecule has 3 N–H and O–H groups in total. The van der Waals surface area contributed by atoms with Crippen molar-refractivity contribution in [2.45, 2.75) is 12.3 Å². The number of rotatable bonds is 7. The molecule has 1 aromatic rings. The molecule has 0 aromatic heterocycles. The van der Waals surface area contributed by atoms with Gasteiger partial charge >= 0.3 is 0 Å². The zero-order chi connectivity index (χ0) is 12.5. The lowest BCUT2D eigenvalue weighted by Crippen LogP contribution is -2.34. The van der Waals surface area contributed by atoms with E-state index in [1.165, 1.54) is 0 Å². The van der Waals surface area contributed by atoms with Crippen LogP contribution in [0, 0.1) is 0 Å². The van der Waals surface area contributed by atoms with Gasteiger partial charge in [-0.1, -0.05) is 30.3 Å². The van der Waals surface area contributed by atoms with Crippen LogP contribution in [0.25, 0.3) is 0 Å². The van der Waals surface area contributed by atoms with Crippen LogP contribution in [-0.4, -0.2) is 32.7 Å². The number of ether oxygens (including phenoxy) is 1. The average molecular weight is 236 g/mol. The first-order valence-electron chi connectivity index (χ1n) is 5.81. The van der Waals surface area contributed by atoms with Gasteiger partial charge in [0.15, 0.2) is 0 Å². The molecule has 0 aliphatic carbocycles. The Hall–Kier alpha value is -1.39. The molecule has 0 heterocycles. The van der Waals surface area contributed by atoms with E-state index in [1.54, 1.807) is 7.11 Å². The Kier molecular flexibility index (Phi) is 6.29. The minimum Gasteiger partial charge on any atom is -0.385 e. The Morgan fingerprint density at radius 1 is 1.41 bits per heavy atom. The van der Waals surface area contributed by atoms with Gasteiger partial charge < -0.3 is 15.8 Å². The summed E-state index contributed by atoms with van der Waals surface area (Å²) in [6.07, 6.45) is 0.814. The summed E-state index contributed by atoms with van der Waals surface area (Å²) in [7, 11) is 1.65. The molecular weight excluding hydrogens is 216 g/mol. The lowest BCUT2D eigenvalue weighted by molar-refractivity contribution is -0.122. The van der Waals surface area contributed by atoms with E-state index in [-0.39, 0.29) is 11.8 Å². The predicted octanol–water partition coefficient (Wildman–Crippen LogP) is 0.882. The molecular formula is C13H20N2O2. The van der Waals surface area contributed by atoms with Crippen molar-refractivity contribution in [2.75, 3.05) is 26.8 Å². The van der Waals surface area contributed by atoms with E-state index in [4.69, 9.17) is 10.5 Å². The van der Waals surface area contributed by atoms with Crippen molar-refractivity contribution < 1.29 is 9.53 Å². The lowest BCUT2D eigenvalue weighted by atomic mass is 9.98. The molecule has 1 atom stereocenters. The van der Waals surface area contributed by atoms with Crippen molar-refractivity contribution in [3.63, 3.8) is 0 Å². The Morgan fingerprint density at radius 2 is 2.12 bits per heavy atom. The predicted molar refractivity (Wildman–Crippen MR) is 67.7 cm³/mol. The van der Waals surface area contributed by atoms with Gasteiger partial charge in [0.25, 0.3) is 0 Å². The second kappa shape index (κ2) is 7.81. The van der Waals surface area contributed by atoms with Gasteiger partial charge in [-0.2, -0.15) is 0 Å². The number of methoxy groups -OCH3 is 1. The number of nitrogens with two attached hydrogens (primary N) is 1. The van der Waals surface area contributed by atoms with E-state index in [0.29, 0.717) is 19.7 Å². The monoisotopic (exact) mass is 236 g/mol. The maximum absolute atomic E-state index is 11.9. The summed E-state index contributed by atoms with van der Waals surface area (Å²) >= 11 is 0. The van der Waals surface area contributed by atoms with Gasteiger partial charge in [0.1, 0.15) is 0 Å². The van der Waals surface area contributed by atoms with E-state index in [2.05, 4.69) is 5.32 Å². The number of carbonyl (C=O) groups excluding carboxylic acids is 1. The highest BCUT2D eigenvalue weighted by molar-refractivity contribution is 5.83. The van der Waals surface area contributed by atoms with Gasteiger partial charge in [-0.15, -0.1) is 0 Å². The molecule has 0 spiro atoms. The first-order chi connectivity index (χ1) is 8.29. The first-order valence-corrected chi connectivity index (χ1v) is 5.81. The second-order valence-electron chi connectivity index (χ2n) is 3.84. The van der Waals surface area contributed by atoms with Gasteiger partial charge in [-0.25, -0.2) is 0 Å². The fourth-order valence-electron chi connectivity index (χ4n) is 1.63. The van der Waals surface area contributed by atoms with Crippen LogP contribution in [0.1, 0.15) is 17.9 Å². The molecule has 0 fully saturated rings. The van der Waals surface area contributed by atoms with Crippen molar-refractivity contribution >= 4 is 5.91 Å². The molecule has 4 nitrogen and oxygen atoms in total. The van der Waals surface area contributed by atoms with Crippen LogP contribution in [-0.2, 0) is 9.53 Å². The van der Waals surface area contributed by atoms with E-state index >= 15 is 0 Å². The van der Waals surface area contributed by atoms with Crippen LogP contribution in [0.3, 0.4) is 0 Å². The van der Waals surface area contributed by atoms with Crippen LogP contribution < -0.4 is 11.1 Å². The van der Waals surface area contributed by atoms with E-state index in [0.717, 1.165) is 12.0 Å². The number of hydrogen-bond donors (Lipinski definition) is 2. The van der Waals surface area contributed by atoms with Gasteiger partial charge in [0, 0.05) is 26.8 Å². The topological polar surface area (TPSA) is 64.3 Å². The van der Waals surface area contributed by atoms with Crippen molar-refractivity contribution in [3.05, 3.63) is 35.9 Å². The summed E-state index contributed by atoms with van der Waals surface area (Å²) in [4.78, 5) is 11.9. The maximum atomic E-state index is 11.9. The summed E-state index contributed by atoms with van der Waals surface area (Å²) in [6.45, 7) is 1.59. The molecule has 4 heteroatoms. The number of hydrogen-bond acceptors (Lipinski definition) is 3. The molecule has 0 aliphatic heterocycles. The smallest absolute Gasteiger partial charge is 0.228 e. The van der Waals surface area contributed by atoms with Gasteiger partial charge in [-0.3, -0.25) is 4.79 Å². The second-order valence-corrected chi connectivity index (χ2v) is 3.84. The molecule has 1 rings (SSSR count). The summed E-state index contributed by atoms with van der Waals surface area (Å²) < 4.78 is 4.92. The number of carbonyl (C=O) groups is 1. The molecule has 0 saturated heterocycles. The summed E-state index contributed by atoms with van der Waals surface area (Å²) in [5, 5.41) is 2.87. The Balaban J connectivity index is 2.48. The zero-order valence-corrected chi connectivity index (χ0v) is 10.2. The van der Waals surface area contributed by atoms with Gasteiger partial charge in [-0.05, 0) is 12.0 Å². The lowest BCUT2D eigenvalue weighted by Gasteiger charge is -2.15. The van der Waals surface area contributed by atoms with Crippen LogP contribution in [0.15, 0.2) is 30.3 Å². The Morgan fingerprint density at radius 3 is 2.71 bits per heavy atom. The van der Waals surface area contributed by atoms with Crippen LogP contribution in [0.2, 0.25) is 0 Å². The fraction of sp³-hybridized carbons (Fsp3) is 0.462. The van der Waals surface area contributed by atoms with Crippen LogP contribution in [0.5, 0.6) is 0 Å². The number of amides is 1. The molecule has 94 valence electrons. The zero-order valence-electron chi connectivity index (χ0n) is 10.2. The number of benzene rings is 1. The molecule has 17 heavy (non-hydrogen) atoms. The fourth-order valence-corrected chi connectivity index (χ4v) is 1.63. The highest BCUT2D eigenvalue weighted by atomic mass is 16.5. The average Bonchev–Trinajstić information content (AvgIpc) is 2.37. The largest absolute Gasteiger partial charge is 0.385 e. The summed E-state index contributed by atoms with van der Waals surface area (Å²) in [5.41, 5.74) is 6.61. The minimum atomic E-state index is -0.265. The molecule has 1 aromatic carbocycles. The molecule has 0 bridgehead atoms.